The summed E-state index contributed by atoms with van der Waals surface area (Å²) in [6.07, 6.45) is 8.15. The average molecular weight is 316 g/mol. The number of imidazole rings is 1. The van der Waals surface area contributed by atoms with Crippen molar-refractivity contribution in [2.45, 2.75) is 12.6 Å². The van der Waals surface area contributed by atoms with E-state index in [0.717, 1.165) is 27.9 Å². The molecule has 0 bridgehead atoms. The van der Waals surface area contributed by atoms with Gasteiger partial charge in [0.1, 0.15) is 5.82 Å². The molecular formula is C19H16N4O. The molecule has 24 heavy (non-hydrogen) atoms. The zero-order valence-electron chi connectivity index (χ0n) is 12.9. The van der Waals surface area contributed by atoms with Gasteiger partial charge in [-0.05, 0) is 18.2 Å². The maximum atomic E-state index is 10.5. The van der Waals surface area contributed by atoms with Gasteiger partial charge in [0.2, 0.25) is 0 Å². The summed E-state index contributed by atoms with van der Waals surface area (Å²) in [7, 11) is 0. The molecule has 5 heteroatoms. The lowest BCUT2D eigenvalue weighted by Crippen LogP contribution is -2.09. The monoisotopic (exact) mass is 316 g/mol. The third-order valence-corrected chi connectivity index (χ3v) is 4.04. The lowest BCUT2D eigenvalue weighted by molar-refractivity contribution is 0.156. The van der Waals surface area contributed by atoms with E-state index in [1.807, 2.05) is 53.2 Å². The summed E-state index contributed by atoms with van der Waals surface area (Å²) in [5, 5.41) is 11.5. The number of fused-ring (bicyclic) bond motifs is 1. The van der Waals surface area contributed by atoms with Crippen LogP contribution in [0.5, 0.6) is 0 Å². The van der Waals surface area contributed by atoms with Crippen LogP contribution in [0.4, 0.5) is 0 Å². The summed E-state index contributed by atoms with van der Waals surface area (Å²) >= 11 is 0. The molecule has 5 nitrogen and oxygen atoms in total. The number of aliphatic hydroxyl groups excluding tert-OH is 1. The van der Waals surface area contributed by atoms with E-state index in [0.29, 0.717) is 6.54 Å². The van der Waals surface area contributed by atoms with Crippen molar-refractivity contribution in [2.75, 3.05) is 0 Å². The van der Waals surface area contributed by atoms with Gasteiger partial charge in [-0.3, -0.25) is 9.97 Å². The van der Waals surface area contributed by atoms with Crippen LogP contribution >= 0.6 is 0 Å². The van der Waals surface area contributed by atoms with Crippen molar-refractivity contribution in [2.24, 2.45) is 0 Å². The van der Waals surface area contributed by atoms with Gasteiger partial charge in [0.25, 0.3) is 0 Å². The molecule has 0 saturated heterocycles. The Labute approximate surface area is 139 Å². The standard InChI is InChI=1S/C19H16N4O/c24-18(14-4-2-8-20-12-14)13-23-11-10-22-19(23)16-5-1-7-17-15(16)6-3-9-21-17/h1-12,18,24H,13H2. The molecule has 0 spiro atoms. The lowest BCUT2D eigenvalue weighted by atomic mass is 10.1. The van der Waals surface area contributed by atoms with E-state index in [4.69, 9.17) is 0 Å². The van der Waals surface area contributed by atoms with Crippen LogP contribution in [-0.4, -0.2) is 24.6 Å². The second-order valence-electron chi connectivity index (χ2n) is 5.58. The van der Waals surface area contributed by atoms with Crippen molar-refractivity contribution in [3.8, 4) is 11.4 Å². The molecule has 3 aromatic heterocycles. The largest absolute Gasteiger partial charge is 0.386 e. The first-order chi connectivity index (χ1) is 11.8. The minimum absolute atomic E-state index is 0.414. The highest BCUT2D eigenvalue weighted by Crippen LogP contribution is 2.27. The van der Waals surface area contributed by atoms with Gasteiger partial charge in [-0.2, -0.15) is 0 Å². The Morgan fingerprint density at radius 1 is 0.958 bits per heavy atom. The predicted octanol–water partition coefficient (Wildman–Crippen LogP) is 3.23. The van der Waals surface area contributed by atoms with Gasteiger partial charge in [-0.1, -0.05) is 24.3 Å². The van der Waals surface area contributed by atoms with Gasteiger partial charge in [0.05, 0.1) is 18.2 Å². The van der Waals surface area contributed by atoms with Gasteiger partial charge in [-0.15, -0.1) is 0 Å². The second-order valence-corrected chi connectivity index (χ2v) is 5.58. The van der Waals surface area contributed by atoms with E-state index < -0.39 is 6.10 Å². The van der Waals surface area contributed by atoms with Crippen molar-refractivity contribution in [1.29, 1.82) is 0 Å². The molecule has 0 aliphatic rings. The van der Waals surface area contributed by atoms with E-state index in [2.05, 4.69) is 15.0 Å². The van der Waals surface area contributed by atoms with E-state index in [-0.39, 0.29) is 0 Å². The van der Waals surface area contributed by atoms with E-state index >= 15 is 0 Å². The SMILES string of the molecule is OC(Cn1ccnc1-c1cccc2ncccc12)c1cccnc1. The summed E-state index contributed by atoms with van der Waals surface area (Å²) in [6, 6.07) is 13.6. The number of hydrogen-bond acceptors (Lipinski definition) is 4. The third-order valence-electron chi connectivity index (χ3n) is 4.04. The number of benzene rings is 1. The topological polar surface area (TPSA) is 63.8 Å². The van der Waals surface area contributed by atoms with Crippen LogP contribution in [0, 0.1) is 0 Å². The fourth-order valence-corrected chi connectivity index (χ4v) is 2.86. The highest BCUT2D eigenvalue weighted by Gasteiger charge is 2.14. The Hall–Kier alpha value is -3.05. The Balaban J connectivity index is 1.72. The second kappa shape index (κ2) is 6.22. The van der Waals surface area contributed by atoms with E-state index in [1.54, 1.807) is 24.8 Å². The predicted molar refractivity (Wildman–Crippen MR) is 92.2 cm³/mol. The van der Waals surface area contributed by atoms with Gasteiger partial charge >= 0.3 is 0 Å². The molecule has 1 unspecified atom stereocenters. The van der Waals surface area contributed by atoms with Gasteiger partial charge in [0.15, 0.2) is 0 Å². The molecule has 0 fully saturated rings. The quantitative estimate of drug-likeness (QED) is 0.628. The van der Waals surface area contributed by atoms with Crippen LogP contribution in [0.25, 0.3) is 22.3 Å². The van der Waals surface area contributed by atoms with Gasteiger partial charge < -0.3 is 9.67 Å². The van der Waals surface area contributed by atoms with Crippen LogP contribution in [0.3, 0.4) is 0 Å². The molecule has 1 N–H and O–H groups in total. The molecule has 118 valence electrons. The zero-order valence-corrected chi connectivity index (χ0v) is 12.9. The zero-order chi connectivity index (χ0) is 16.4. The molecule has 4 aromatic rings. The Bertz CT molecular complexity index is 960. The molecule has 3 heterocycles. The van der Waals surface area contributed by atoms with Crippen molar-refractivity contribution in [3.05, 3.63) is 79.0 Å². The molecule has 0 amide bonds. The van der Waals surface area contributed by atoms with E-state index in [9.17, 15) is 5.11 Å². The molecule has 1 aromatic carbocycles. The normalized spacial score (nSPS) is 12.4. The Kier molecular flexibility index (Phi) is 3.76. The summed E-state index contributed by atoms with van der Waals surface area (Å²) in [4.78, 5) is 13.0. The van der Waals surface area contributed by atoms with Crippen LogP contribution in [0.1, 0.15) is 11.7 Å². The number of aliphatic hydroxyl groups is 1. The van der Waals surface area contributed by atoms with E-state index in [1.165, 1.54) is 0 Å². The maximum Gasteiger partial charge on any atom is 0.140 e. The van der Waals surface area contributed by atoms with Crippen LogP contribution in [0.15, 0.2) is 73.4 Å². The highest BCUT2D eigenvalue weighted by molar-refractivity contribution is 5.92. The first-order valence-electron chi connectivity index (χ1n) is 7.76. The summed E-state index contributed by atoms with van der Waals surface area (Å²) in [5.74, 6) is 0.816. The Morgan fingerprint density at radius 2 is 1.88 bits per heavy atom. The van der Waals surface area contributed by atoms with Gasteiger partial charge in [-0.25, -0.2) is 4.98 Å². The number of aromatic nitrogens is 4. The first kappa shape index (κ1) is 14.5. The number of nitrogens with zero attached hydrogens (tertiary/aromatic N) is 4. The van der Waals surface area contributed by atoms with Crippen molar-refractivity contribution >= 4 is 10.9 Å². The fourth-order valence-electron chi connectivity index (χ4n) is 2.86. The molecule has 0 aliphatic carbocycles. The summed E-state index contributed by atoms with van der Waals surface area (Å²) in [6.45, 7) is 0.414. The maximum absolute atomic E-state index is 10.5. The summed E-state index contributed by atoms with van der Waals surface area (Å²) < 4.78 is 1.96. The molecule has 0 saturated carbocycles. The third kappa shape index (κ3) is 2.66. The van der Waals surface area contributed by atoms with Crippen LogP contribution in [-0.2, 0) is 6.54 Å². The van der Waals surface area contributed by atoms with Gasteiger partial charge in [0, 0.05) is 47.5 Å². The van der Waals surface area contributed by atoms with Crippen LogP contribution in [0.2, 0.25) is 0 Å². The molecular weight excluding hydrogens is 300 g/mol. The van der Waals surface area contributed by atoms with Crippen molar-refractivity contribution in [3.63, 3.8) is 0 Å². The smallest absolute Gasteiger partial charge is 0.140 e. The molecule has 0 radical (unpaired) electrons. The van der Waals surface area contributed by atoms with Crippen molar-refractivity contribution < 1.29 is 5.11 Å². The number of rotatable bonds is 4. The minimum atomic E-state index is -0.639. The van der Waals surface area contributed by atoms with Crippen molar-refractivity contribution in [1.82, 2.24) is 19.5 Å². The first-order valence-corrected chi connectivity index (χ1v) is 7.76. The number of pyridine rings is 2. The molecule has 0 aliphatic heterocycles. The average Bonchev–Trinajstić information content (AvgIpc) is 3.10. The minimum Gasteiger partial charge on any atom is -0.386 e. The lowest BCUT2D eigenvalue weighted by Gasteiger charge is -2.14. The highest BCUT2D eigenvalue weighted by atomic mass is 16.3. The molecule has 1 atom stereocenters. The fraction of sp³-hybridized carbons (Fsp3) is 0.105. The van der Waals surface area contributed by atoms with Crippen LogP contribution < -0.4 is 0 Å². The number of hydrogen-bond donors (Lipinski definition) is 1. The molecule has 4 rings (SSSR count). The summed E-state index contributed by atoms with van der Waals surface area (Å²) in [5.41, 5.74) is 2.72. The Morgan fingerprint density at radius 3 is 2.75 bits per heavy atom.